The number of para-hydroxylation sites is 1. The van der Waals surface area contributed by atoms with Crippen LogP contribution in [0.4, 0.5) is 0 Å². The predicted molar refractivity (Wildman–Crippen MR) is 101 cm³/mol. The minimum absolute atomic E-state index is 0.0571. The summed E-state index contributed by atoms with van der Waals surface area (Å²) in [7, 11) is 0. The summed E-state index contributed by atoms with van der Waals surface area (Å²) in [6.45, 7) is 6.30. The molecule has 3 saturated heterocycles. The highest BCUT2D eigenvalue weighted by molar-refractivity contribution is 5.83. The highest BCUT2D eigenvalue weighted by atomic mass is 16.5. The Hall–Kier alpha value is -2.30. The Morgan fingerprint density at radius 1 is 1.19 bits per heavy atom. The Morgan fingerprint density at radius 2 is 1.96 bits per heavy atom. The first kappa shape index (κ1) is 18.5. The molecule has 2 atom stereocenters. The number of carbonyl (C=O) groups excluding carboxylic acids is 2. The molecule has 3 fully saturated rings. The van der Waals surface area contributed by atoms with Crippen molar-refractivity contribution in [2.24, 2.45) is 5.92 Å². The molecule has 0 radical (unpaired) electrons. The van der Waals surface area contributed by atoms with Crippen LogP contribution in [0.25, 0.3) is 0 Å². The highest BCUT2D eigenvalue weighted by Gasteiger charge is 2.41. The van der Waals surface area contributed by atoms with Crippen LogP contribution >= 0.6 is 0 Å². The zero-order valence-corrected chi connectivity index (χ0v) is 15.7. The third-order valence-corrected chi connectivity index (χ3v) is 5.17. The van der Waals surface area contributed by atoms with E-state index >= 15 is 0 Å². The van der Waals surface area contributed by atoms with Crippen LogP contribution < -0.4 is 4.74 Å². The quantitative estimate of drug-likeness (QED) is 0.737. The van der Waals surface area contributed by atoms with Crippen molar-refractivity contribution in [1.82, 2.24) is 9.80 Å². The molecule has 0 N–H and O–H groups in total. The lowest BCUT2D eigenvalue weighted by Gasteiger charge is -2.35. The van der Waals surface area contributed by atoms with Gasteiger partial charge in [-0.05, 0) is 38.8 Å². The summed E-state index contributed by atoms with van der Waals surface area (Å²) in [4.78, 5) is 29.2. The lowest BCUT2D eigenvalue weighted by Crippen LogP contribution is -2.48. The van der Waals surface area contributed by atoms with Crippen molar-refractivity contribution in [2.75, 3.05) is 26.2 Å². The molecule has 4 rings (SSSR count). The Morgan fingerprint density at radius 3 is 2.69 bits per heavy atom. The molecule has 5 nitrogen and oxygen atoms in total. The zero-order valence-electron chi connectivity index (χ0n) is 15.7. The van der Waals surface area contributed by atoms with Gasteiger partial charge in [0, 0.05) is 25.7 Å². The second-order valence-corrected chi connectivity index (χ2v) is 7.41. The number of nitrogens with zero attached hydrogens (tertiary/aromatic N) is 2. The van der Waals surface area contributed by atoms with E-state index in [0.717, 1.165) is 18.6 Å². The number of benzene rings is 1. The molecular formula is C21H28N2O3. The molecule has 3 heterocycles. The van der Waals surface area contributed by atoms with Crippen LogP contribution in [0.5, 0.6) is 5.75 Å². The molecule has 2 bridgehead atoms. The number of rotatable bonds is 6. The van der Waals surface area contributed by atoms with Crippen LogP contribution in [0, 0.1) is 5.92 Å². The SMILES string of the molecule is CC(C)=CCN1C(=O)[C@H]2CC[C@@H]1CN(C(=O)CCOc1ccccc1)C2. The first-order valence-electron chi connectivity index (χ1n) is 9.44. The van der Waals surface area contributed by atoms with E-state index in [1.165, 1.54) is 5.57 Å². The zero-order chi connectivity index (χ0) is 18.5. The number of piperidine rings is 1. The van der Waals surface area contributed by atoms with Crippen LogP contribution in [0.2, 0.25) is 0 Å². The topological polar surface area (TPSA) is 49.9 Å². The molecule has 140 valence electrons. The first-order valence-corrected chi connectivity index (χ1v) is 9.44. The van der Waals surface area contributed by atoms with Gasteiger partial charge < -0.3 is 14.5 Å². The highest BCUT2D eigenvalue weighted by Crippen LogP contribution is 2.29. The van der Waals surface area contributed by atoms with Gasteiger partial charge in [-0.25, -0.2) is 0 Å². The maximum atomic E-state index is 12.7. The number of hydrogen-bond donors (Lipinski definition) is 0. The molecule has 1 aromatic carbocycles. The molecule has 5 heteroatoms. The van der Waals surface area contributed by atoms with Crippen LogP contribution in [0.1, 0.15) is 33.1 Å². The first-order chi connectivity index (χ1) is 12.5. The fraction of sp³-hybridized carbons (Fsp3) is 0.524. The van der Waals surface area contributed by atoms with E-state index in [2.05, 4.69) is 6.08 Å². The van der Waals surface area contributed by atoms with Gasteiger partial charge in [-0.1, -0.05) is 29.8 Å². The number of ether oxygens (including phenoxy) is 1. The van der Waals surface area contributed by atoms with Crippen LogP contribution in [-0.2, 0) is 9.59 Å². The standard InChI is InChI=1S/C21H28N2O3/c1-16(2)10-12-23-18-9-8-17(21(23)25)14-22(15-18)20(24)11-13-26-19-6-4-3-5-7-19/h3-7,10,17-18H,8-9,11-15H2,1-2H3/t17-,18+/m0/s1. The van der Waals surface area contributed by atoms with E-state index in [1.54, 1.807) is 0 Å². The summed E-state index contributed by atoms with van der Waals surface area (Å²) >= 11 is 0. The normalized spacial score (nSPS) is 22.2. The van der Waals surface area contributed by atoms with Gasteiger partial charge in [0.05, 0.1) is 18.9 Å². The Kier molecular flexibility index (Phi) is 5.96. The van der Waals surface area contributed by atoms with Gasteiger partial charge in [-0.2, -0.15) is 0 Å². The number of allylic oxidation sites excluding steroid dienone is 1. The van der Waals surface area contributed by atoms with E-state index in [4.69, 9.17) is 4.74 Å². The molecule has 3 aliphatic heterocycles. The summed E-state index contributed by atoms with van der Waals surface area (Å²) in [5.74, 6) is 1.00. The summed E-state index contributed by atoms with van der Waals surface area (Å²) in [6, 6.07) is 9.67. The van der Waals surface area contributed by atoms with Gasteiger partial charge in [-0.15, -0.1) is 0 Å². The molecule has 0 aliphatic carbocycles. The monoisotopic (exact) mass is 356 g/mol. The minimum Gasteiger partial charge on any atom is -0.493 e. The van der Waals surface area contributed by atoms with E-state index in [1.807, 2.05) is 54.0 Å². The van der Waals surface area contributed by atoms with Crippen molar-refractivity contribution in [2.45, 2.75) is 39.2 Å². The molecule has 26 heavy (non-hydrogen) atoms. The van der Waals surface area contributed by atoms with E-state index in [9.17, 15) is 9.59 Å². The number of hydrogen-bond acceptors (Lipinski definition) is 3. The third kappa shape index (κ3) is 4.45. The Labute approximate surface area is 155 Å². The van der Waals surface area contributed by atoms with Crippen molar-refractivity contribution >= 4 is 11.8 Å². The molecule has 0 spiro atoms. The van der Waals surface area contributed by atoms with Crippen molar-refractivity contribution in [1.29, 1.82) is 0 Å². The molecular weight excluding hydrogens is 328 g/mol. The smallest absolute Gasteiger partial charge is 0.228 e. The van der Waals surface area contributed by atoms with Crippen molar-refractivity contribution in [3.8, 4) is 5.75 Å². The average molecular weight is 356 g/mol. The van der Waals surface area contributed by atoms with Gasteiger partial charge in [0.1, 0.15) is 5.75 Å². The largest absolute Gasteiger partial charge is 0.493 e. The van der Waals surface area contributed by atoms with E-state index in [0.29, 0.717) is 32.7 Å². The second kappa shape index (κ2) is 8.39. The number of carbonyl (C=O) groups is 2. The number of fused-ring (bicyclic) bond motifs is 4. The lowest BCUT2D eigenvalue weighted by molar-refractivity contribution is -0.139. The van der Waals surface area contributed by atoms with Gasteiger partial charge >= 0.3 is 0 Å². The predicted octanol–water partition coefficient (Wildman–Crippen LogP) is 2.87. The van der Waals surface area contributed by atoms with Gasteiger partial charge in [0.2, 0.25) is 11.8 Å². The summed E-state index contributed by atoms with van der Waals surface area (Å²) in [5.41, 5.74) is 1.21. The molecule has 1 aromatic rings. The average Bonchev–Trinajstić information content (AvgIpc) is 2.92. The van der Waals surface area contributed by atoms with Crippen LogP contribution in [0.3, 0.4) is 0 Å². The lowest BCUT2D eigenvalue weighted by atomic mass is 9.94. The van der Waals surface area contributed by atoms with Gasteiger partial charge in [0.25, 0.3) is 0 Å². The maximum absolute atomic E-state index is 12.7. The van der Waals surface area contributed by atoms with Crippen LogP contribution in [0.15, 0.2) is 42.0 Å². The minimum atomic E-state index is -0.0571. The summed E-state index contributed by atoms with van der Waals surface area (Å²) in [6.07, 6.45) is 4.31. The summed E-state index contributed by atoms with van der Waals surface area (Å²) in [5, 5.41) is 0. The third-order valence-electron chi connectivity index (χ3n) is 5.17. The Bertz CT molecular complexity index is 667. The van der Waals surface area contributed by atoms with Crippen LogP contribution in [-0.4, -0.2) is 53.9 Å². The van der Waals surface area contributed by atoms with E-state index in [-0.39, 0.29) is 23.8 Å². The van der Waals surface area contributed by atoms with Crippen molar-refractivity contribution < 1.29 is 14.3 Å². The molecule has 0 aromatic heterocycles. The number of amides is 2. The molecule has 0 unspecified atom stereocenters. The van der Waals surface area contributed by atoms with Gasteiger partial charge in [-0.3, -0.25) is 9.59 Å². The molecule has 3 aliphatic rings. The Balaban J connectivity index is 1.57. The van der Waals surface area contributed by atoms with Crippen molar-refractivity contribution in [3.05, 3.63) is 42.0 Å². The molecule has 0 saturated carbocycles. The fourth-order valence-electron chi connectivity index (χ4n) is 3.70. The molecule has 2 amide bonds. The van der Waals surface area contributed by atoms with Gasteiger partial charge in [0.15, 0.2) is 0 Å². The fourth-order valence-corrected chi connectivity index (χ4v) is 3.70. The van der Waals surface area contributed by atoms with Crippen molar-refractivity contribution in [3.63, 3.8) is 0 Å². The summed E-state index contributed by atoms with van der Waals surface area (Å²) < 4.78 is 5.64. The maximum Gasteiger partial charge on any atom is 0.228 e. The second-order valence-electron chi connectivity index (χ2n) is 7.41. The van der Waals surface area contributed by atoms with E-state index < -0.39 is 0 Å².